The van der Waals surface area contributed by atoms with E-state index in [9.17, 15) is 38.4 Å². The number of amides is 6. The average molecular weight is 1240 g/mol. The number of hydrogen-bond acceptors (Lipinski definition) is 14. The Labute approximate surface area is 534 Å². The van der Waals surface area contributed by atoms with Gasteiger partial charge in [0.05, 0.1) is 11.4 Å². The highest BCUT2D eigenvalue weighted by atomic mass is 16.5. The summed E-state index contributed by atoms with van der Waals surface area (Å²) in [4.78, 5) is 114. The number of pyridine rings is 2. The van der Waals surface area contributed by atoms with Crippen LogP contribution in [0.15, 0.2) is 146 Å². The Balaban J connectivity index is 0.000000284. The van der Waals surface area contributed by atoms with Gasteiger partial charge in [-0.15, -0.1) is 0 Å². The number of carbonyl (C=O) groups excluding carboxylic acids is 8. The van der Waals surface area contributed by atoms with Crippen molar-refractivity contribution in [3.05, 3.63) is 180 Å². The number of aromatic nitrogens is 2. The molecule has 2 saturated heterocycles. The number of cyclic esters (lactones) is 1. The summed E-state index contributed by atoms with van der Waals surface area (Å²) in [6.07, 6.45) is 15.4. The molecule has 5 heterocycles. The van der Waals surface area contributed by atoms with Gasteiger partial charge in [0.1, 0.15) is 48.5 Å². The summed E-state index contributed by atoms with van der Waals surface area (Å²) in [5.74, 6) is -3.17. The number of nitrogens with one attached hydrogen (secondary N) is 6. The van der Waals surface area contributed by atoms with Gasteiger partial charge in [-0.25, -0.2) is 10.9 Å². The van der Waals surface area contributed by atoms with Crippen molar-refractivity contribution in [2.75, 3.05) is 13.1 Å². The van der Waals surface area contributed by atoms with Crippen LogP contribution >= 0.6 is 0 Å². The number of carbonyl (C=O) groups is 8. The van der Waals surface area contributed by atoms with Crippen LogP contribution in [0.25, 0.3) is 33.7 Å². The molecule has 6 amide bonds. The molecular formula is C71H88N10O10. The van der Waals surface area contributed by atoms with Crippen LogP contribution in [0.5, 0.6) is 0 Å². The van der Waals surface area contributed by atoms with Crippen LogP contribution in [0.1, 0.15) is 147 Å². The molecular weight excluding hydrogens is 1150 g/mol. The van der Waals surface area contributed by atoms with Crippen molar-refractivity contribution >= 4 is 81.1 Å². The van der Waals surface area contributed by atoms with E-state index in [4.69, 9.17) is 9.47 Å². The number of ether oxygens (including phenoxy) is 2. The fourth-order valence-corrected chi connectivity index (χ4v) is 10.6. The predicted molar refractivity (Wildman–Crippen MR) is 353 cm³/mol. The molecule has 5 bridgehead atoms. The Hall–Kier alpha value is -9.40. The zero-order valence-electron chi connectivity index (χ0n) is 51.1. The standard InChI is InChI=1S/C36H43N5O5.C33H37N5O5.2CH4/c1-5-7-15-33(42)39-31(19-16-26-12-9-8-10-13-26)34(43)38-24(3)35(44)41-20-11-14-32(40-41)36(45)46-25(4)27-17-18-28-23-37-30(6-2)22-29(28)21-27;1-21-32(41)38-17-7-11-29(37-38)33(42)43-22(2)24-14-15-25-20-34-27(19-26(25)18-24)10-6-12-30(39)36-28(31(40)35-21)16-13-23-8-4-3-5-9-23;;/h5-10,12-13,17-18,21-25,31-32,40H,2,11,14-16,19-20H2,1,3-4H3,(H,38,43)(H,39,42);3-6,8-10,14-15,18-22,28-29,37H,7,11-13,16-17H2,1-2H3,(H,35,40)(H,36,39);2*1H4/b7-5+;10-6+;;/t24-,25+,31-,32-;21-,22+,28-,29-;;/m00../s1. The normalized spacial score (nSPS) is 20.1. The molecule has 3 aliphatic rings. The zero-order valence-corrected chi connectivity index (χ0v) is 51.1. The summed E-state index contributed by atoms with van der Waals surface area (Å²) in [5, 5.41) is 17.7. The van der Waals surface area contributed by atoms with Gasteiger partial charge in [0.25, 0.3) is 11.8 Å². The lowest BCUT2D eigenvalue weighted by Gasteiger charge is -2.35. The Morgan fingerprint density at radius 1 is 0.780 bits per heavy atom. The predicted octanol–water partition coefficient (Wildman–Crippen LogP) is 9.21. The van der Waals surface area contributed by atoms with Gasteiger partial charge in [-0.05, 0) is 155 Å². The van der Waals surface area contributed by atoms with Gasteiger partial charge in [-0.2, -0.15) is 0 Å². The second kappa shape index (κ2) is 34.5. The van der Waals surface area contributed by atoms with E-state index in [0.29, 0.717) is 70.2 Å². The highest BCUT2D eigenvalue weighted by Crippen LogP contribution is 2.27. The Bertz CT molecular complexity index is 3560. The Kier molecular flexibility index (Phi) is 26.8. The lowest BCUT2D eigenvalue weighted by atomic mass is 10.0. The Morgan fingerprint density at radius 2 is 1.46 bits per heavy atom. The topological polar surface area (TPSA) is 259 Å². The van der Waals surface area contributed by atoms with E-state index in [1.54, 1.807) is 56.6 Å². The number of fused-ring (bicyclic) bond motifs is 5. The summed E-state index contributed by atoms with van der Waals surface area (Å²) in [6.45, 7) is 13.2. The monoisotopic (exact) mass is 1240 g/mol. The van der Waals surface area contributed by atoms with Crippen molar-refractivity contribution in [2.24, 2.45) is 0 Å². The number of nitrogens with zero attached hydrogens (tertiary/aromatic N) is 4. The van der Waals surface area contributed by atoms with Crippen LogP contribution in [0.4, 0.5) is 0 Å². The third-order valence-corrected chi connectivity index (χ3v) is 15.8. The molecule has 3 aliphatic heterocycles. The molecule has 9 rings (SSSR count). The highest BCUT2D eigenvalue weighted by molar-refractivity contribution is 5.94. The largest absolute Gasteiger partial charge is 0.457 e. The molecule has 6 aromatic rings. The fourth-order valence-electron chi connectivity index (χ4n) is 10.6. The number of hydrazine groups is 2. The summed E-state index contributed by atoms with van der Waals surface area (Å²) in [5.41, 5.74) is 11.2. The minimum Gasteiger partial charge on any atom is -0.457 e. The van der Waals surface area contributed by atoms with Crippen molar-refractivity contribution in [3.8, 4) is 0 Å². The van der Waals surface area contributed by atoms with Gasteiger partial charge in [0.15, 0.2) is 0 Å². The first-order valence-corrected chi connectivity index (χ1v) is 30.5. The SMILES string of the molecule is C.C.C=Cc1cc2cc([C@@H](C)OC(=O)[C@@H]3CCCN(C(=O)[C@H](C)NC(=O)[C@H](CCc4ccccc4)NC(=O)C/C=C/C)N3)ccc2cn1.C[C@@H]1NC(=O)[C@H](CCc2ccccc2)NC(=O)C/C=C/c2cc3cc(ccc3cn2)[C@@H](C)OC(=O)[C@@H]2CCCN(N2)C1=O. The molecule has 2 aromatic heterocycles. The molecule has 20 nitrogen and oxygen atoms in total. The number of rotatable bonds is 16. The zero-order chi connectivity index (χ0) is 63.4. The first-order valence-electron chi connectivity index (χ1n) is 30.5. The maximum atomic E-state index is 13.4. The number of aryl methyl sites for hydroxylation is 2. The lowest BCUT2D eigenvalue weighted by Crippen LogP contribution is -2.60. The molecule has 2 fully saturated rings. The molecule has 482 valence electrons. The van der Waals surface area contributed by atoms with Crippen molar-refractivity contribution < 1.29 is 47.8 Å². The molecule has 0 unspecified atom stereocenters. The van der Waals surface area contributed by atoms with Crippen LogP contribution in [-0.4, -0.2) is 117 Å². The van der Waals surface area contributed by atoms with Gasteiger partial charge in [-0.3, -0.25) is 58.3 Å². The molecule has 0 radical (unpaired) electrons. The summed E-state index contributed by atoms with van der Waals surface area (Å²) in [7, 11) is 0. The van der Waals surface area contributed by atoms with E-state index >= 15 is 0 Å². The smallest absolute Gasteiger partial charge is 0.325 e. The number of esters is 2. The minimum absolute atomic E-state index is 0. The second-order valence-electron chi connectivity index (χ2n) is 22.6. The molecule has 0 spiro atoms. The molecule has 91 heavy (non-hydrogen) atoms. The number of hydrogen-bond donors (Lipinski definition) is 6. The molecule has 4 aromatic carbocycles. The minimum atomic E-state index is -0.895. The van der Waals surface area contributed by atoms with Gasteiger partial charge >= 0.3 is 11.9 Å². The second-order valence-corrected chi connectivity index (χ2v) is 22.6. The lowest BCUT2D eigenvalue weighted by molar-refractivity contribution is -0.158. The van der Waals surface area contributed by atoms with Crippen molar-refractivity contribution in [3.63, 3.8) is 0 Å². The first kappa shape index (κ1) is 70.7. The quantitative estimate of drug-likeness (QED) is 0.0390. The van der Waals surface area contributed by atoms with E-state index in [-0.39, 0.29) is 51.3 Å². The number of benzene rings is 4. The molecule has 8 atom stereocenters. The third-order valence-electron chi connectivity index (χ3n) is 15.8. The molecule has 6 N–H and O–H groups in total. The Morgan fingerprint density at radius 3 is 2.18 bits per heavy atom. The van der Waals surface area contributed by atoms with E-state index in [2.05, 4.69) is 48.7 Å². The highest BCUT2D eigenvalue weighted by Gasteiger charge is 2.35. The van der Waals surface area contributed by atoms with E-state index in [1.165, 1.54) is 10.0 Å². The fraction of sp³-hybridized carbons (Fsp3) is 0.380. The van der Waals surface area contributed by atoms with E-state index in [0.717, 1.165) is 49.5 Å². The number of allylic oxidation sites excluding steroid dienone is 1. The van der Waals surface area contributed by atoms with Crippen LogP contribution < -0.4 is 32.1 Å². The van der Waals surface area contributed by atoms with E-state index < -0.39 is 72.2 Å². The maximum Gasteiger partial charge on any atom is 0.325 e. The van der Waals surface area contributed by atoms with Crippen molar-refractivity contribution in [1.82, 2.24) is 52.1 Å². The van der Waals surface area contributed by atoms with Gasteiger partial charge < -0.3 is 30.7 Å². The van der Waals surface area contributed by atoms with Gasteiger partial charge in [0.2, 0.25) is 23.6 Å². The van der Waals surface area contributed by atoms with Crippen LogP contribution in [0.2, 0.25) is 0 Å². The summed E-state index contributed by atoms with van der Waals surface area (Å²) >= 11 is 0. The average Bonchev–Trinajstić information content (AvgIpc) is 2.08. The van der Waals surface area contributed by atoms with Crippen LogP contribution in [0, 0.1) is 0 Å². The van der Waals surface area contributed by atoms with Gasteiger partial charge in [-0.1, -0.05) is 125 Å². The van der Waals surface area contributed by atoms with Crippen LogP contribution in [-0.2, 0) is 60.7 Å². The molecule has 0 aliphatic carbocycles. The molecule has 20 heteroatoms. The third kappa shape index (κ3) is 20.3. The van der Waals surface area contributed by atoms with Gasteiger partial charge in [0, 0.05) is 49.1 Å². The van der Waals surface area contributed by atoms with Crippen molar-refractivity contribution in [1.29, 1.82) is 0 Å². The summed E-state index contributed by atoms with van der Waals surface area (Å²) in [6, 6.07) is 30.0. The summed E-state index contributed by atoms with van der Waals surface area (Å²) < 4.78 is 11.6. The van der Waals surface area contributed by atoms with E-state index in [1.807, 2.05) is 130 Å². The molecule has 0 saturated carbocycles. The first-order chi connectivity index (χ1) is 42.9. The van der Waals surface area contributed by atoms with Crippen LogP contribution in [0.3, 0.4) is 0 Å². The maximum absolute atomic E-state index is 13.4. The van der Waals surface area contributed by atoms with Crippen molar-refractivity contribution in [2.45, 2.75) is 162 Å².